The minimum atomic E-state index is -0.429. The van der Waals surface area contributed by atoms with Gasteiger partial charge in [0.05, 0.1) is 4.91 Å². The van der Waals surface area contributed by atoms with Gasteiger partial charge in [0.25, 0.3) is 11.8 Å². The van der Waals surface area contributed by atoms with Crippen molar-refractivity contribution in [3.8, 4) is 0 Å². The molecule has 1 aliphatic heterocycles. The van der Waals surface area contributed by atoms with Crippen LogP contribution in [0.1, 0.15) is 28.8 Å². The Bertz CT molecular complexity index is 1020. The van der Waals surface area contributed by atoms with Crippen LogP contribution in [-0.2, 0) is 9.59 Å². The molecule has 1 aromatic heterocycles. The first-order chi connectivity index (χ1) is 15.0. The molecule has 0 unspecified atom stereocenters. The van der Waals surface area contributed by atoms with E-state index in [0.717, 1.165) is 5.56 Å². The van der Waals surface area contributed by atoms with Gasteiger partial charge in [-0.25, -0.2) is 0 Å². The molecule has 0 bridgehead atoms. The smallest absolute Gasteiger partial charge is 0.269 e. The highest BCUT2D eigenvalue weighted by Gasteiger charge is 2.31. The molecule has 2 aromatic rings. The number of aromatic nitrogens is 1. The van der Waals surface area contributed by atoms with E-state index in [1.165, 1.54) is 29.1 Å². The number of hydrazine groups is 1. The number of hydrogen-bond donors (Lipinski definition) is 2. The summed E-state index contributed by atoms with van der Waals surface area (Å²) in [5.41, 5.74) is 6.13. The van der Waals surface area contributed by atoms with Crippen molar-refractivity contribution in [2.75, 3.05) is 6.54 Å². The van der Waals surface area contributed by atoms with Crippen molar-refractivity contribution in [1.29, 1.82) is 0 Å². The normalized spacial score (nSPS) is 15.0. The molecule has 7 nitrogen and oxygen atoms in total. The third-order valence-corrected chi connectivity index (χ3v) is 5.65. The van der Waals surface area contributed by atoms with E-state index in [9.17, 15) is 14.4 Å². The lowest BCUT2D eigenvalue weighted by Gasteiger charge is -2.14. The number of nitrogens with zero attached hydrogens (tertiary/aromatic N) is 2. The van der Waals surface area contributed by atoms with Crippen LogP contribution in [-0.4, -0.2) is 38.5 Å². The van der Waals surface area contributed by atoms with Gasteiger partial charge in [-0.3, -0.25) is 35.1 Å². The van der Waals surface area contributed by atoms with E-state index in [-0.39, 0.29) is 18.2 Å². The molecule has 9 heteroatoms. The van der Waals surface area contributed by atoms with Crippen molar-refractivity contribution < 1.29 is 14.4 Å². The van der Waals surface area contributed by atoms with Crippen LogP contribution in [0.3, 0.4) is 0 Å². The van der Waals surface area contributed by atoms with E-state index in [4.69, 9.17) is 12.2 Å². The fraction of sp³-hybridized carbons (Fsp3) is 0.136. The van der Waals surface area contributed by atoms with Crippen molar-refractivity contribution in [2.24, 2.45) is 0 Å². The minimum Gasteiger partial charge on any atom is -0.293 e. The van der Waals surface area contributed by atoms with Gasteiger partial charge >= 0.3 is 0 Å². The van der Waals surface area contributed by atoms with Crippen LogP contribution in [0.15, 0.2) is 71.9 Å². The van der Waals surface area contributed by atoms with Crippen LogP contribution in [0.4, 0.5) is 0 Å². The molecule has 1 aliphatic rings. The number of carbonyl (C=O) groups is 3. The maximum Gasteiger partial charge on any atom is 0.269 e. The lowest BCUT2D eigenvalue weighted by molar-refractivity contribution is -0.124. The summed E-state index contributed by atoms with van der Waals surface area (Å²) in [6.07, 6.45) is 9.01. The SMILES string of the molecule is O=C(CCCN1C(=O)C(=CC=Cc2ccccc2)SC1=S)NNC(=O)c1ccncc1. The molecule has 1 saturated heterocycles. The molecule has 1 fully saturated rings. The number of rotatable bonds is 7. The maximum atomic E-state index is 12.6. The molecular formula is C22H20N4O3S2. The molecule has 2 heterocycles. The van der Waals surface area contributed by atoms with Gasteiger partial charge in [0, 0.05) is 30.9 Å². The van der Waals surface area contributed by atoms with Gasteiger partial charge < -0.3 is 0 Å². The predicted molar refractivity (Wildman–Crippen MR) is 125 cm³/mol. The Kier molecular flexibility index (Phi) is 8.08. The first-order valence-electron chi connectivity index (χ1n) is 9.51. The average molecular weight is 453 g/mol. The number of nitrogens with one attached hydrogen (secondary N) is 2. The third-order valence-electron chi connectivity index (χ3n) is 4.25. The van der Waals surface area contributed by atoms with Crippen molar-refractivity contribution in [3.63, 3.8) is 0 Å². The van der Waals surface area contributed by atoms with Gasteiger partial charge in [-0.2, -0.15) is 0 Å². The highest BCUT2D eigenvalue weighted by molar-refractivity contribution is 8.26. The zero-order chi connectivity index (χ0) is 22.1. The Labute approximate surface area is 189 Å². The number of hydrogen-bond acceptors (Lipinski definition) is 6. The Hall–Kier alpha value is -3.30. The number of amides is 3. The molecule has 3 amide bonds. The van der Waals surface area contributed by atoms with Crippen molar-refractivity contribution >= 4 is 52.1 Å². The molecule has 0 atom stereocenters. The van der Waals surface area contributed by atoms with Crippen LogP contribution in [0.25, 0.3) is 6.08 Å². The highest BCUT2D eigenvalue weighted by atomic mass is 32.2. The quantitative estimate of drug-likeness (QED) is 0.381. The number of thiocarbonyl (C=S) groups is 1. The van der Waals surface area contributed by atoms with Crippen LogP contribution in [0, 0.1) is 0 Å². The summed E-state index contributed by atoms with van der Waals surface area (Å²) in [7, 11) is 0. The summed E-state index contributed by atoms with van der Waals surface area (Å²) < 4.78 is 0.468. The number of carbonyl (C=O) groups excluding carboxylic acids is 3. The van der Waals surface area contributed by atoms with E-state index in [0.29, 0.717) is 27.8 Å². The minimum absolute atomic E-state index is 0.140. The number of pyridine rings is 1. The summed E-state index contributed by atoms with van der Waals surface area (Å²) >= 11 is 6.54. The number of benzene rings is 1. The van der Waals surface area contributed by atoms with E-state index >= 15 is 0 Å². The second-order valence-electron chi connectivity index (χ2n) is 6.47. The summed E-state index contributed by atoms with van der Waals surface area (Å²) in [6.45, 7) is 0.329. The molecule has 0 saturated carbocycles. The summed E-state index contributed by atoms with van der Waals surface area (Å²) in [5, 5.41) is 0. The van der Waals surface area contributed by atoms with Crippen LogP contribution in [0.2, 0.25) is 0 Å². The van der Waals surface area contributed by atoms with Crippen molar-refractivity contribution in [3.05, 3.63) is 83.0 Å². The summed E-state index contributed by atoms with van der Waals surface area (Å²) in [6, 6.07) is 12.9. The highest BCUT2D eigenvalue weighted by Crippen LogP contribution is 2.31. The molecule has 0 radical (unpaired) electrons. The number of thioether (sulfide) groups is 1. The molecule has 2 N–H and O–H groups in total. The molecule has 158 valence electrons. The zero-order valence-corrected chi connectivity index (χ0v) is 18.1. The van der Waals surface area contributed by atoms with E-state index in [1.807, 2.05) is 42.5 Å². The van der Waals surface area contributed by atoms with E-state index in [1.54, 1.807) is 18.2 Å². The zero-order valence-electron chi connectivity index (χ0n) is 16.5. The standard InChI is InChI=1S/C22H20N4O3S2/c27-19(24-25-20(28)17-11-13-23-14-12-17)10-5-15-26-21(29)18(31-22(26)30)9-4-8-16-6-2-1-3-7-16/h1-4,6-9,11-14H,5,10,15H2,(H,24,27)(H,25,28). The van der Waals surface area contributed by atoms with Gasteiger partial charge in [-0.1, -0.05) is 66.5 Å². The Balaban J connectivity index is 1.42. The monoisotopic (exact) mass is 452 g/mol. The molecule has 1 aromatic carbocycles. The second kappa shape index (κ2) is 11.2. The Morgan fingerprint density at radius 3 is 2.58 bits per heavy atom. The van der Waals surface area contributed by atoms with E-state index in [2.05, 4.69) is 15.8 Å². The van der Waals surface area contributed by atoms with Crippen LogP contribution >= 0.6 is 24.0 Å². The molecule has 0 spiro atoms. The first-order valence-corrected chi connectivity index (χ1v) is 10.7. The van der Waals surface area contributed by atoms with Crippen LogP contribution < -0.4 is 10.9 Å². The molecular weight excluding hydrogens is 432 g/mol. The Morgan fingerprint density at radius 2 is 1.84 bits per heavy atom. The lowest BCUT2D eigenvalue weighted by Crippen LogP contribution is -2.41. The first kappa shape index (κ1) is 22.4. The Morgan fingerprint density at radius 1 is 1.10 bits per heavy atom. The van der Waals surface area contributed by atoms with Gasteiger partial charge in [-0.15, -0.1) is 0 Å². The summed E-state index contributed by atoms with van der Waals surface area (Å²) in [4.78, 5) is 42.3. The fourth-order valence-corrected chi connectivity index (χ4v) is 3.94. The number of allylic oxidation sites excluding steroid dienone is 2. The molecule has 31 heavy (non-hydrogen) atoms. The van der Waals surface area contributed by atoms with Gasteiger partial charge in [0.15, 0.2) is 0 Å². The van der Waals surface area contributed by atoms with Gasteiger partial charge in [0.1, 0.15) is 4.32 Å². The van der Waals surface area contributed by atoms with Gasteiger partial charge in [-0.05, 0) is 30.2 Å². The predicted octanol–water partition coefficient (Wildman–Crippen LogP) is 3.08. The largest absolute Gasteiger partial charge is 0.293 e. The topological polar surface area (TPSA) is 91.4 Å². The lowest BCUT2D eigenvalue weighted by atomic mass is 10.2. The maximum absolute atomic E-state index is 12.6. The van der Waals surface area contributed by atoms with Crippen molar-refractivity contribution in [1.82, 2.24) is 20.7 Å². The molecule has 3 rings (SSSR count). The van der Waals surface area contributed by atoms with Crippen LogP contribution in [0.5, 0.6) is 0 Å². The fourth-order valence-electron chi connectivity index (χ4n) is 2.68. The summed E-state index contributed by atoms with van der Waals surface area (Å²) in [5.74, 6) is -0.949. The molecule has 0 aliphatic carbocycles. The average Bonchev–Trinajstić information content (AvgIpc) is 3.06. The van der Waals surface area contributed by atoms with Gasteiger partial charge in [0.2, 0.25) is 5.91 Å². The van der Waals surface area contributed by atoms with E-state index < -0.39 is 5.91 Å². The third kappa shape index (κ3) is 6.59. The van der Waals surface area contributed by atoms with Crippen molar-refractivity contribution in [2.45, 2.75) is 12.8 Å². The second-order valence-corrected chi connectivity index (χ2v) is 8.14.